The van der Waals surface area contributed by atoms with Gasteiger partial charge in [-0.1, -0.05) is 30.3 Å². The van der Waals surface area contributed by atoms with E-state index in [1.165, 1.54) is 6.33 Å². The van der Waals surface area contributed by atoms with E-state index in [0.717, 1.165) is 26.8 Å². The normalized spacial score (nSPS) is 11.0. The number of amides is 2. The van der Waals surface area contributed by atoms with Crippen molar-refractivity contribution in [3.63, 3.8) is 0 Å². The van der Waals surface area contributed by atoms with E-state index in [0.29, 0.717) is 11.1 Å². The first kappa shape index (κ1) is 19.4. The summed E-state index contributed by atoms with van der Waals surface area (Å²) in [6, 6.07) is 12.9. The number of hydrogen-bond acceptors (Lipinski definition) is 5. The molecule has 2 N–H and O–H groups in total. The average Bonchev–Trinajstić information content (AvgIpc) is 3.11. The molecule has 0 atom stereocenters. The van der Waals surface area contributed by atoms with E-state index < -0.39 is 11.5 Å². The zero-order chi connectivity index (χ0) is 21.3. The minimum absolute atomic E-state index is 0.0965. The van der Waals surface area contributed by atoms with Crippen LogP contribution in [0, 0.1) is 13.8 Å². The zero-order valence-electron chi connectivity index (χ0n) is 16.6. The highest BCUT2D eigenvalue weighted by Gasteiger charge is 2.15. The van der Waals surface area contributed by atoms with Crippen molar-refractivity contribution in [1.82, 2.24) is 14.9 Å². The SMILES string of the molecule is Cc1cccc(C)c1NC(=O)CNC(=O)Cn1cnc2c(oc3ccccc32)c1=O. The number of benzene rings is 2. The first-order valence-electron chi connectivity index (χ1n) is 9.43. The first-order valence-corrected chi connectivity index (χ1v) is 9.43. The van der Waals surface area contributed by atoms with Gasteiger partial charge in [-0.25, -0.2) is 4.98 Å². The summed E-state index contributed by atoms with van der Waals surface area (Å²) in [7, 11) is 0. The molecule has 0 aliphatic carbocycles. The van der Waals surface area contributed by atoms with Gasteiger partial charge in [0.25, 0.3) is 5.56 Å². The molecule has 0 fully saturated rings. The summed E-state index contributed by atoms with van der Waals surface area (Å²) in [6.45, 7) is 3.32. The van der Waals surface area contributed by atoms with Gasteiger partial charge in [-0.05, 0) is 37.1 Å². The summed E-state index contributed by atoms with van der Waals surface area (Å²) in [4.78, 5) is 41.4. The molecule has 0 spiro atoms. The molecule has 2 aromatic heterocycles. The van der Waals surface area contributed by atoms with Gasteiger partial charge in [-0.2, -0.15) is 0 Å². The third kappa shape index (κ3) is 3.67. The molecule has 0 bridgehead atoms. The molecule has 2 amide bonds. The number of aromatic nitrogens is 2. The summed E-state index contributed by atoms with van der Waals surface area (Å²) in [5, 5.41) is 6.06. The van der Waals surface area contributed by atoms with Gasteiger partial charge in [-0.3, -0.25) is 19.0 Å². The van der Waals surface area contributed by atoms with Crippen molar-refractivity contribution in [2.75, 3.05) is 11.9 Å². The molecule has 0 radical (unpaired) electrons. The monoisotopic (exact) mass is 404 g/mol. The highest BCUT2D eigenvalue weighted by Crippen LogP contribution is 2.24. The molecule has 30 heavy (non-hydrogen) atoms. The van der Waals surface area contributed by atoms with Gasteiger partial charge in [0.05, 0.1) is 12.9 Å². The molecule has 4 aromatic rings. The second-order valence-electron chi connectivity index (χ2n) is 7.05. The van der Waals surface area contributed by atoms with Crippen molar-refractivity contribution < 1.29 is 14.0 Å². The molecule has 2 heterocycles. The van der Waals surface area contributed by atoms with Gasteiger partial charge in [0.2, 0.25) is 17.4 Å². The Morgan fingerprint density at radius 2 is 1.77 bits per heavy atom. The number of carbonyl (C=O) groups excluding carboxylic acids is 2. The Labute approximate surface area is 171 Å². The summed E-state index contributed by atoms with van der Waals surface area (Å²) in [5.41, 5.74) is 3.26. The molecule has 2 aromatic carbocycles. The molecule has 0 saturated carbocycles. The molecular formula is C22H20N4O4. The van der Waals surface area contributed by atoms with Gasteiger partial charge >= 0.3 is 0 Å². The predicted octanol–water partition coefficient (Wildman–Crippen LogP) is 2.51. The summed E-state index contributed by atoms with van der Waals surface area (Å²) in [5.74, 6) is -0.829. The van der Waals surface area contributed by atoms with Crippen LogP contribution in [-0.4, -0.2) is 27.9 Å². The van der Waals surface area contributed by atoms with E-state index >= 15 is 0 Å². The van der Waals surface area contributed by atoms with E-state index in [2.05, 4.69) is 15.6 Å². The largest absolute Gasteiger partial charge is 0.448 e. The summed E-state index contributed by atoms with van der Waals surface area (Å²) < 4.78 is 6.76. The van der Waals surface area contributed by atoms with Gasteiger partial charge < -0.3 is 15.1 Å². The average molecular weight is 404 g/mol. The molecule has 0 aliphatic heterocycles. The standard InChI is InChI=1S/C22H20N4O4/c1-13-6-5-7-14(2)19(13)25-17(27)10-23-18(28)11-26-12-24-20-15-8-3-4-9-16(15)30-21(20)22(26)29/h3-9,12H,10-11H2,1-2H3,(H,23,28)(H,25,27). The van der Waals surface area contributed by atoms with Crippen LogP contribution < -0.4 is 16.2 Å². The number of rotatable bonds is 5. The van der Waals surface area contributed by atoms with Gasteiger partial charge in [0.15, 0.2) is 0 Å². The Morgan fingerprint density at radius 3 is 2.53 bits per heavy atom. The fraction of sp³-hybridized carbons (Fsp3) is 0.182. The van der Waals surface area contributed by atoms with E-state index in [1.807, 2.05) is 44.2 Å². The zero-order valence-corrected chi connectivity index (χ0v) is 16.6. The van der Waals surface area contributed by atoms with E-state index in [-0.39, 0.29) is 24.6 Å². The fourth-order valence-electron chi connectivity index (χ4n) is 3.31. The number of hydrogen-bond donors (Lipinski definition) is 2. The molecule has 8 heteroatoms. The van der Waals surface area contributed by atoms with Gasteiger partial charge in [0, 0.05) is 11.1 Å². The van der Waals surface area contributed by atoms with E-state index in [1.54, 1.807) is 12.1 Å². The smallest absolute Gasteiger partial charge is 0.297 e. The van der Waals surface area contributed by atoms with Crippen molar-refractivity contribution in [1.29, 1.82) is 0 Å². The molecule has 0 aliphatic rings. The fourth-order valence-corrected chi connectivity index (χ4v) is 3.31. The van der Waals surface area contributed by atoms with Crippen molar-refractivity contribution >= 4 is 39.6 Å². The number of aryl methyl sites for hydroxylation is 2. The minimum atomic E-state index is -0.481. The Hall–Kier alpha value is -3.94. The maximum Gasteiger partial charge on any atom is 0.297 e. The topological polar surface area (TPSA) is 106 Å². The summed E-state index contributed by atoms with van der Waals surface area (Å²) >= 11 is 0. The first-order chi connectivity index (χ1) is 14.4. The number of fused-ring (bicyclic) bond motifs is 3. The lowest BCUT2D eigenvalue weighted by molar-refractivity contribution is -0.124. The van der Waals surface area contributed by atoms with Crippen LogP contribution in [0.4, 0.5) is 5.69 Å². The second-order valence-corrected chi connectivity index (χ2v) is 7.05. The third-order valence-corrected chi connectivity index (χ3v) is 4.86. The number of anilines is 1. The van der Waals surface area contributed by atoms with Crippen LogP contribution in [-0.2, 0) is 16.1 Å². The van der Waals surface area contributed by atoms with Crippen LogP contribution in [0.1, 0.15) is 11.1 Å². The molecule has 0 unspecified atom stereocenters. The number of para-hydroxylation sites is 2. The highest BCUT2D eigenvalue weighted by atomic mass is 16.3. The van der Waals surface area contributed by atoms with Crippen LogP contribution in [0.5, 0.6) is 0 Å². The number of nitrogens with zero attached hydrogens (tertiary/aromatic N) is 2. The van der Waals surface area contributed by atoms with Crippen molar-refractivity contribution in [2.45, 2.75) is 20.4 Å². The minimum Gasteiger partial charge on any atom is -0.448 e. The lowest BCUT2D eigenvalue weighted by atomic mass is 10.1. The third-order valence-electron chi connectivity index (χ3n) is 4.86. The molecule has 4 rings (SSSR count). The van der Waals surface area contributed by atoms with E-state index in [4.69, 9.17) is 4.42 Å². The molecule has 152 valence electrons. The Bertz CT molecular complexity index is 1320. The molecule has 8 nitrogen and oxygen atoms in total. The molecular weight excluding hydrogens is 384 g/mol. The van der Waals surface area contributed by atoms with Crippen molar-refractivity contribution in [3.05, 3.63) is 70.3 Å². The highest BCUT2D eigenvalue weighted by molar-refractivity contribution is 6.01. The molecule has 0 saturated heterocycles. The predicted molar refractivity (Wildman–Crippen MR) is 113 cm³/mol. The van der Waals surface area contributed by atoms with E-state index in [9.17, 15) is 14.4 Å². The van der Waals surface area contributed by atoms with Crippen LogP contribution in [0.3, 0.4) is 0 Å². The van der Waals surface area contributed by atoms with Crippen LogP contribution in [0.15, 0.2) is 58.0 Å². The van der Waals surface area contributed by atoms with Crippen LogP contribution in [0.25, 0.3) is 22.1 Å². The second kappa shape index (κ2) is 7.82. The number of nitrogens with one attached hydrogen (secondary N) is 2. The Balaban J connectivity index is 1.43. The van der Waals surface area contributed by atoms with Crippen LogP contribution in [0.2, 0.25) is 0 Å². The summed E-state index contributed by atoms with van der Waals surface area (Å²) in [6.07, 6.45) is 1.31. The number of furan rings is 1. The lowest BCUT2D eigenvalue weighted by Crippen LogP contribution is -2.37. The lowest BCUT2D eigenvalue weighted by Gasteiger charge is -2.12. The van der Waals surface area contributed by atoms with Crippen molar-refractivity contribution in [3.8, 4) is 0 Å². The van der Waals surface area contributed by atoms with Crippen molar-refractivity contribution in [2.24, 2.45) is 0 Å². The number of carbonyl (C=O) groups is 2. The maximum atomic E-state index is 12.7. The van der Waals surface area contributed by atoms with Gasteiger partial charge in [-0.15, -0.1) is 0 Å². The van der Waals surface area contributed by atoms with Crippen LogP contribution >= 0.6 is 0 Å². The Morgan fingerprint density at radius 1 is 1.03 bits per heavy atom. The van der Waals surface area contributed by atoms with Gasteiger partial charge in [0.1, 0.15) is 17.6 Å². The Kier molecular flexibility index (Phi) is 5.05. The maximum absolute atomic E-state index is 12.7. The quantitative estimate of drug-likeness (QED) is 0.532.